The lowest BCUT2D eigenvalue weighted by atomic mass is 9.91. The number of hydrogen-bond donors (Lipinski definition) is 1. The number of nitrogens with one attached hydrogen (secondary N) is 1. The molecule has 2 atom stereocenters. The first kappa shape index (κ1) is 21.0. The molecule has 5 nitrogen and oxygen atoms in total. The first-order valence-corrected chi connectivity index (χ1v) is 11.3. The van der Waals surface area contributed by atoms with Crippen molar-refractivity contribution in [1.82, 2.24) is 14.8 Å². The Kier molecular flexibility index (Phi) is 5.69. The zero-order valence-electron chi connectivity index (χ0n) is 18.6. The van der Waals surface area contributed by atoms with Crippen molar-refractivity contribution >= 4 is 22.6 Å². The molecule has 1 aliphatic rings. The number of carbonyl (C=O) groups excluding carboxylic acids is 2. The Morgan fingerprint density at radius 1 is 0.909 bits per heavy atom. The fourth-order valence-electron chi connectivity index (χ4n) is 4.94. The normalized spacial score (nSPS) is 16.3. The Labute approximate surface area is 193 Å². The Bertz CT molecular complexity index is 1290. The van der Waals surface area contributed by atoms with Gasteiger partial charge in [-0.05, 0) is 39.6 Å². The van der Waals surface area contributed by atoms with Gasteiger partial charge in [-0.25, -0.2) is 0 Å². The molecule has 0 bridgehead atoms. The van der Waals surface area contributed by atoms with E-state index in [0.29, 0.717) is 13.0 Å². The predicted octanol–water partition coefficient (Wildman–Crippen LogP) is 4.32. The molecule has 5 rings (SSSR count). The van der Waals surface area contributed by atoms with E-state index in [2.05, 4.69) is 34.1 Å². The maximum atomic E-state index is 13.8. The van der Waals surface area contributed by atoms with Crippen LogP contribution >= 0.6 is 0 Å². The molecule has 1 N–H and O–H groups in total. The molecule has 1 aliphatic heterocycles. The maximum absolute atomic E-state index is 13.8. The van der Waals surface area contributed by atoms with Gasteiger partial charge in [-0.1, -0.05) is 66.7 Å². The van der Waals surface area contributed by atoms with Gasteiger partial charge in [0.05, 0.1) is 12.5 Å². The monoisotopic (exact) mass is 437 g/mol. The Morgan fingerprint density at radius 3 is 2.39 bits per heavy atom. The van der Waals surface area contributed by atoms with Crippen LogP contribution in [-0.4, -0.2) is 34.4 Å². The van der Waals surface area contributed by atoms with Crippen LogP contribution in [0.3, 0.4) is 0 Å². The molecular weight excluding hydrogens is 410 g/mol. The molecule has 0 spiro atoms. The van der Waals surface area contributed by atoms with Gasteiger partial charge in [0.25, 0.3) is 0 Å². The van der Waals surface area contributed by atoms with E-state index in [0.717, 1.165) is 27.5 Å². The molecule has 0 aliphatic carbocycles. The second-order valence-corrected chi connectivity index (χ2v) is 8.54. The minimum atomic E-state index is -0.504. The number of benzene rings is 3. The number of nitrogens with zero attached hydrogens (tertiary/aromatic N) is 2. The van der Waals surface area contributed by atoms with Crippen molar-refractivity contribution < 1.29 is 9.59 Å². The zero-order valence-corrected chi connectivity index (χ0v) is 18.6. The molecule has 5 heteroatoms. The highest BCUT2D eigenvalue weighted by Gasteiger charge is 2.35. The van der Waals surface area contributed by atoms with Crippen molar-refractivity contribution in [3.63, 3.8) is 0 Å². The van der Waals surface area contributed by atoms with Gasteiger partial charge in [-0.3, -0.25) is 9.59 Å². The van der Waals surface area contributed by atoms with Gasteiger partial charge in [0.2, 0.25) is 11.8 Å². The summed E-state index contributed by atoms with van der Waals surface area (Å²) in [4.78, 5) is 28.3. The van der Waals surface area contributed by atoms with Crippen molar-refractivity contribution in [3.05, 3.63) is 108 Å². The molecule has 33 heavy (non-hydrogen) atoms. The fraction of sp³-hybridized carbons (Fsp3) is 0.214. The van der Waals surface area contributed by atoms with E-state index in [1.54, 1.807) is 11.9 Å². The first-order chi connectivity index (χ1) is 16.2. The third-order valence-corrected chi connectivity index (χ3v) is 6.66. The average Bonchev–Trinajstić information content (AvgIpc) is 3.40. The number of carbonyl (C=O) groups is 2. The molecule has 0 saturated carbocycles. The van der Waals surface area contributed by atoms with Gasteiger partial charge < -0.3 is 14.8 Å². The van der Waals surface area contributed by atoms with E-state index in [9.17, 15) is 9.59 Å². The van der Waals surface area contributed by atoms with E-state index < -0.39 is 6.04 Å². The fourth-order valence-corrected chi connectivity index (χ4v) is 4.94. The van der Waals surface area contributed by atoms with Crippen LogP contribution in [0, 0.1) is 0 Å². The van der Waals surface area contributed by atoms with E-state index in [1.165, 1.54) is 0 Å². The summed E-state index contributed by atoms with van der Waals surface area (Å²) in [7, 11) is 1.63. The molecule has 3 aromatic carbocycles. The van der Waals surface area contributed by atoms with Crippen LogP contribution in [-0.2, 0) is 22.6 Å². The van der Waals surface area contributed by atoms with Gasteiger partial charge in [-0.15, -0.1) is 0 Å². The highest BCUT2D eigenvalue weighted by molar-refractivity contribution is 5.90. The van der Waals surface area contributed by atoms with Crippen molar-refractivity contribution in [2.24, 2.45) is 0 Å². The highest BCUT2D eigenvalue weighted by Crippen LogP contribution is 2.32. The molecule has 1 aromatic heterocycles. The number of rotatable bonds is 5. The summed E-state index contributed by atoms with van der Waals surface area (Å²) < 4.78 is 2.09. The summed E-state index contributed by atoms with van der Waals surface area (Å²) in [5.41, 5.74) is 3.34. The van der Waals surface area contributed by atoms with E-state index in [-0.39, 0.29) is 24.3 Å². The summed E-state index contributed by atoms with van der Waals surface area (Å²) in [5.74, 6) is -0.148. The average molecular weight is 438 g/mol. The van der Waals surface area contributed by atoms with Crippen molar-refractivity contribution in [1.29, 1.82) is 0 Å². The lowest BCUT2D eigenvalue weighted by molar-refractivity contribution is -0.142. The molecule has 2 amide bonds. The van der Waals surface area contributed by atoms with Crippen LogP contribution in [0.2, 0.25) is 0 Å². The maximum Gasteiger partial charge on any atom is 0.242 e. The lowest BCUT2D eigenvalue weighted by Gasteiger charge is -2.37. The smallest absolute Gasteiger partial charge is 0.242 e. The minimum Gasteiger partial charge on any atom is -0.357 e. The zero-order chi connectivity index (χ0) is 22.8. The predicted molar refractivity (Wildman–Crippen MR) is 130 cm³/mol. The summed E-state index contributed by atoms with van der Waals surface area (Å²) in [5, 5.41) is 5.03. The summed E-state index contributed by atoms with van der Waals surface area (Å²) >= 11 is 0. The number of fused-ring (bicyclic) bond motifs is 2. The number of aromatic nitrogens is 1. The van der Waals surface area contributed by atoms with Crippen LogP contribution in [0.1, 0.15) is 29.2 Å². The van der Waals surface area contributed by atoms with E-state index >= 15 is 0 Å². The number of likely N-dealkylation sites (N-methyl/N-ethyl adjacent to an activating group) is 1. The van der Waals surface area contributed by atoms with Gasteiger partial charge in [0, 0.05) is 32.4 Å². The molecular formula is C28H27N3O2. The minimum absolute atomic E-state index is 0.0234. The highest BCUT2D eigenvalue weighted by atomic mass is 16.2. The van der Waals surface area contributed by atoms with Crippen molar-refractivity contribution in [2.75, 3.05) is 7.05 Å². The standard InChI is InChI=1S/C28H27N3O2/c1-29-28(33)26-17-21-10-2-3-11-22(21)19-31(26)27(32)18-25(30-15-6-7-16-30)24-14-8-12-20-9-4-5-13-23(20)24/h2-16,25-26H,17-19H2,1H3,(H,29,33)/t25-,26+/m1/s1. The van der Waals surface area contributed by atoms with Crippen LogP contribution in [0.5, 0.6) is 0 Å². The molecule has 0 radical (unpaired) electrons. The van der Waals surface area contributed by atoms with Crippen molar-refractivity contribution in [3.8, 4) is 0 Å². The Balaban J connectivity index is 1.52. The largest absolute Gasteiger partial charge is 0.357 e. The Morgan fingerprint density at radius 2 is 1.61 bits per heavy atom. The van der Waals surface area contributed by atoms with Gasteiger partial charge in [-0.2, -0.15) is 0 Å². The van der Waals surface area contributed by atoms with E-state index in [1.807, 2.05) is 67.0 Å². The van der Waals surface area contributed by atoms with Gasteiger partial charge >= 0.3 is 0 Å². The summed E-state index contributed by atoms with van der Waals surface area (Å²) in [6.45, 7) is 0.445. The van der Waals surface area contributed by atoms with Crippen LogP contribution in [0.4, 0.5) is 0 Å². The Hall–Kier alpha value is -3.86. The van der Waals surface area contributed by atoms with E-state index in [4.69, 9.17) is 0 Å². The molecule has 4 aromatic rings. The van der Waals surface area contributed by atoms with Crippen LogP contribution in [0.25, 0.3) is 10.8 Å². The van der Waals surface area contributed by atoms with Crippen molar-refractivity contribution in [2.45, 2.75) is 31.5 Å². The lowest BCUT2D eigenvalue weighted by Crippen LogP contribution is -2.52. The first-order valence-electron chi connectivity index (χ1n) is 11.3. The molecule has 2 heterocycles. The number of amides is 2. The third-order valence-electron chi connectivity index (χ3n) is 6.66. The second-order valence-electron chi connectivity index (χ2n) is 8.54. The van der Waals surface area contributed by atoms with Crippen LogP contribution in [0.15, 0.2) is 91.3 Å². The van der Waals surface area contributed by atoms with Gasteiger partial charge in [0.15, 0.2) is 0 Å². The van der Waals surface area contributed by atoms with Crippen LogP contribution < -0.4 is 5.32 Å². The summed E-state index contributed by atoms with van der Waals surface area (Å²) in [6, 6.07) is 25.9. The molecule has 0 unspecified atom stereocenters. The molecule has 166 valence electrons. The second kappa shape index (κ2) is 8.94. The summed E-state index contributed by atoms with van der Waals surface area (Å²) in [6.07, 6.45) is 4.81. The van der Waals surface area contributed by atoms with Gasteiger partial charge in [0.1, 0.15) is 6.04 Å². The SMILES string of the molecule is CNC(=O)[C@@H]1Cc2ccccc2CN1C(=O)C[C@H](c1cccc2ccccc12)n1cccc1. The molecule has 0 fully saturated rings. The number of hydrogen-bond acceptors (Lipinski definition) is 2. The molecule has 0 saturated heterocycles. The topological polar surface area (TPSA) is 54.3 Å². The quantitative estimate of drug-likeness (QED) is 0.506. The third kappa shape index (κ3) is 4.02.